The Hall–Kier alpha value is -0.0800. The summed E-state index contributed by atoms with van der Waals surface area (Å²) in [5.74, 6) is 0. The van der Waals surface area contributed by atoms with Gasteiger partial charge in [0.05, 0.1) is 0 Å². The molecule has 12 heavy (non-hydrogen) atoms. The van der Waals surface area contributed by atoms with E-state index in [1.54, 1.807) is 0 Å². The summed E-state index contributed by atoms with van der Waals surface area (Å²) in [4.78, 5) is 2.39. The molecule has 0 aliphatic heterocycles. The highest BCUT2D eigenvalue weighted by Gasteiger charge is 2.09. The van der Waals surface area contributed by atoms with E-state index in [1.165, 1.54) is 6.42 Å². The fourth-order valence-corrected chi connectivity index (χ4v) is 1.19. The Bertz CT molecular complexity index is 102. The second-order valence-corrected chi connectivity index (χ2v) is 3.70. The van der Waals surface area contributed by atoms with E-state index in [0.717, 1.165) is 13.1 Å². The van der Waals surface area contributed by atoms with Crippen LogP contribution >= 0.6 is 0 Å². The van der Waals surface area contributed by atoms with Crippen LogP contribution in [0.4, 0.5) is 0 Å². The van der Waals surface area contributed by atoms with E-state index in [1.807, 2.05) is 0 Å². The normalized spacial score (nSPS) is 14.2. The third-order valence-electron chi connectivity index (χ3n) is 2.38. The molecular weight excluding hydrogens is 148 g/mol. The van der Waals surface area contributed by atoms with Gasteiger partial charge in [0, 0.05) is 18.6 Å². The summed E-state index contributed by atoms with van der Waals surface area (Å²) in [5.41, 5.74) is 0. The minimum Gasteiger partial charge on any atom is -0.313 e. The standard InChI is InChI=1S/C10H24N2/c1-6-10(11-7-2)8-12(5)9(3)4/h9-11H,6-8H2,1-5H3. The fourth-order valence-electron chi connectivity index (χ4n) is 1.19. The highest BCUT2D eigenvalue weighted by atomic mass is 15.1. The van der Waals surface area contributed by atoms with Crippen molar-refractivity contribution < 1.29 is 0 Å². The van der Waals surface area contributed by atoms with Gasteiger partial charge in [-0.15, -0.1) is 0 Å². The average molecular weight is 172 g/mol. The molecule has 0 aromatic heterocycles. The molecule has 0 saturated carbocycles. The van der Waals surface area contributed by atoms with Gasteiger partial charge in [-0.25, -0.2) is 0 Å². The van der Waals surface area contributed by atoms with E-state index in [4.69, 9.17) is 0 Å². The molecule has 0 aliphatic rings. The first-order valence-electron chi connectivity index (χ1n) is 5.05. The maximum Gasteiger partial charge on any atom is 0.0192 e. The first-order chi connectivity index (χ1) is 5.61. The van der Waals surface area contributed by atoms with Crippen LogP contribution in [0.1, 0.15) is 34.1 Å². The predicted molar refractivity (Wildman–Crippen MR) is 55.5 cm³/mol. The van der Waals surface area contributed by atoms with Gasteiger partial charge in [0.15, 0.2) is 0 Å². The lowest BCUT2D eigenvalue weighted by molar-refractivity contribution is 0.239. The van der Waals surface area contributed by atoms with Gasteiger partial charge in [-0.05, 0) is 33.9 Å². The summed E-state index contributed by atoms with van der Waals surface area (Å²) in [6, 6.07) is 1.31. The zero-order valence-corrected chi connectivity index (χ0v) is 9.22. The summed E-state index contributed by atoms with van der Waals surface area (Å²) in [6.07, 6.45) is 1.21. The van der Waals surface area contributed by atoms with Gasteiger partial charge < -0.3 is 10.2 Å². The Balaban J connectivity index is 3.68. The Morgan fingerprint density at radius 1 is 1.25 bits per heavy atom. The molecule has 1 atom stereocenters. The van der Waals surface area contributed by atoms with E-state index in [2.05, 4.69) is 45.0 Å². The van der Waals surface area contributed by atoms with Crippen molar-refractivity contribution in [3.05, 3.63) is 0 Å². The third kappa shape index (κ3) is 4.73. The minimum absolute atomic E-state index is 0.651. The monoisotopic (exact) mass is 172 g/mol. The van der Waals surface area contributed by atoms with Crippen molar-refractivity contribution in [2.75, 3.05) is 20.1 Å². The average Bonchev–Trinajstić information content (AvgIpc) is 2.03. The van der Waals surface area contributed by atoms with Gasteiger partial charge in [-0.1, -0.05) is 13.8 Å². The van der Waals surface area contributed by atoms with Crippen molar-refractivity contribution in [2.24, 2.45) is 0 Å². The number of nitrogens with one attached hydrogen (secondary N) is 1. The third-order valence-corrected chi connectivity index (χ3v) is 2.38. The first kappa shape index (κ1) is 11.9. The molecule has 0 heterocycles. The lowest BCUT2D eigenvalue weighted by Gasteiger charge is -2.26. The summed E-state index contributed by atoms with van der Waals surface area (Å²) in [5, 5.41) is 3.48. The maximum absolute atomic E-state index is 3.48. The van der Waals surface area contributed by atoms with Crippen LogP contribution in [0, 0.1) is 0 Å². The number of nitrogens with zero attached hydrogens (tertiary/aromatic N) is 1. The van der Waals surface area contributed by atoms with Gasteiger partial charge >= 0.3 is 0 Å². The van der Waals surface area contributed by atoms with Crippen molar-refractivity contribution in [1.29, 1.82) is 0 Å². The van der Waals surface area contributed by atoms with Gasteiger partial charge in [-0.2, -0.15) is 0 Å². The molecule has 2 heteroatoms. The molecule has 0 aromatic rings. The molecular formula is C10H24N2. The maximum atomic E-state index is 3.48. The molecule has 0 bridgehead atoms. The van der Waals surface area contributed by atoms with Crippen molar-refractivity contribution in [3.8, 4) is 0 Å². The van der Waals surface area contributed by atoms with Crippen LogP contribution in [0.3, 0.4) is 0 Å². The highest BCUT2D eigenvalue weighted by Crippen LogP contribution is 1.98. The quantitative estimate of drug-likeness (QED) is 0.656. The molecule has 1 N–H and O–H groups in total. The molecule has 0 aliphatic carbocycles. The van der Waals surface area contributed by atoms with Gasteiger partial charge in [0.2, 0.25) is 0 Å². The van der Waals surface area contributed by atoms with Crippen LogP contribution in [0.15, 0.2) is 0 Å². The number of hydrogen-bond donors (Lipinski definition) is 1. The molecule has 0 radical (unpaired) electrons. The van der Waals surface area contributed by atoms with E-state index >= 15 is 0 Å². The topological polar surface area (TPSA) is 15.3 Å². The van der Waals surface area contributed by atoms with Crippen LogP contribution in [-0.4, -0.2) is 37.1 Å². The second-order valence-electron chi connectivity index (χ2n) is 3.70. The predicted octanol–water partition coefficient (Wildman–Crippen LogP) is 1.71. The largest absolute Gasteiger partial charge is 0.313 e. The lowest BCUT2D eigenvalue weighted by atomic mass is 10.2. The van der Waals surface area contributed by atoms with E-state index in [9.17, 15) is 0 Å². The van der Waals surface area contributed by atoms with Crippen molar-refractivity contribution in [3.63, 3.8) is 0 Å². The highest BCUT2D eigenvalue weighted by molar-refractivity contribution is 4.69. The Morgan fingerprint density at radius 2 is 1.83 bits per heavy atom. The van der Waals surface area contributed by atoms with Gasteiger partial charge in [-0.3, -0.25) is 0 Å². The van der Waals surface area contributed by atoms with Crippen molar-refractivity contribution in [1.82, 2.24) is 10.2 Å². The first-order valence-corrected chi connectivity index (χ1v) is 5.05. The molecule has 1 unspecified atom stereocenters. The Labute approximate surface area is 77.3 Å². The lowest BCUT2D eigenvalue weighted by Crippen LogP contribution is -2.41. The summed E-state index contributed by atoms with van der Waals surface area (Å²) >= 11 is 0. The Morgan fingerprint density at radius 3 is 2.17 bits per heavy atom. The number of rotatable bonds is 6. The van der Waals surface area contributed by atoms with Crippen molar-refractivity contribution >= 4 is 0 Å². The van der Waals surface area contributed by atoms with Gasteiger partial charge in [0.1, 0.15) is 0 Å². The molecule has 2 nitrogen and oxygen atoms in total. The summed E-state index contributed by atoms with van der Waals surface area (Å²) in [7, 11) is 2.19. The minimum atomic E-state index is 0.651. The number of hydrogen-bond acceptors (Lipinski definition) is 2. The van der Waals surface area contributed by atoms with E-state index < -0.39 is 0 Å². The van der Waals surface area contributed by atoms with Crippen LogP contribution in [0.2, 0.25) is 0 Å². The van der Waals surface area contributed by atoms with E-state index in [-0.39, 0.29) is 0 Å². The molecule has 0 fully saturated rings. The molecule has 0 saturated heterocycles. The van der Waals surface area contributed by atoms with Crippen LogP contribution in [-0.2, 0) is 0 Å². The smallest absolute Gasteiger partial charge is 0.0192 e. The number of likely N-dealkylation sites (N-methyl/N-ethyl adjacent to an activating group) is 2. The van der Waals surface area contributed by atoms with Crippen molar-refractivity contribution in [2.45, 2.75) is 46.2 Å². The molecule has 0 amide bonds. The van der Waals surface area contributed by atoms with Gasteiger partial charge in [0.25, 0.3) is 0 Å². The van der Waals surface area contributed by atoms with Crippen LogP contribution in [0.5, 0.6) is 0 Å². The van der Waals surface area contributed by atoms with Crippen LogP contribution in [0.25, 0.3) is 0 Å². The zero-order valence-electron chi connectivity index (χ0n) is 9.22. The Kier molecular flexibility index (Phi) is 6.39. The molecule has 0 aromatic carbocycles. The molecule has 0 rings (SSSR count). The SMILES string of the molecule is CCNC(CC)CN(C)C(C)C. The van der Waals surface area contributed by atoms with Crippen LogP contribution < -0.4 is 5.32 Å². The molecule has 0 spiro atoms. The summed E-state index contributed by atoms with van der Waals surface area (Å²) < 4.78 is 0. The molecule has 74 valence electrons. The zero-order chi connectivity index (χ0) is 9.56. The fraction of sp³-hybridized carbons (Fsp3) is 1.00. The summed E-state index contributed by atoms with van der Waals surface area (Å²) in [6.45, 7) is 11.1. The van der Waals surface area contributed by atoms with E-state index in [0.29, 0.717) is 12.1 Å². The second kappa shape index (κ2) is 6.44.